The first kappa shape index (κ1) is 19.6. The number of hydrogen-bond donors (Lipinski definition) is 1. The van der Waals surface area contributed by atoms with E-state index in [4.69, 9.17) is 4.74 Å². The first-order valence-electron chi connectivity index (χ1n) is 7.99. The van der Waals surface area contributed by atoms with Gasteiger partial charge in [-0.3, -0.25) is 14.9 Å². The van der Waals surface area contributed by atoms with Crippen LogP contribution in [-0.2, 0) is 4.79 Å². The van der Waals surface area contributed by atoms with Crippen LogP contribution in [0.15, 0.2) is 58.1 Å². The number of carbonyl (C=O) groups is 1. The summed E-state index contributed by atoms with van der Waals surface area (Å²) >= 11 is 3.34. The normalized spacial score (nSPS) is 11.9. The molecule has 2 aromatic rings. The maximum Gasteiger partial charge on any atom is 0.281 e. The van der Waals surface area contributed by atoms with Crippen LogP contribution in [0.25, 0.3) is 0 Å². The second-order valence-corrected chi connectivity index (χ2v) is 6.31. The summed E-state index contributed by atoms with van der Waals surface area (Å²) in [7, 11) is 0. The molecule has 0 heterocycles. The molecule has 26 heavy (non-hydrogen) atoms. The Hall–Kier alpha value is -2.74. The zero-order valence-electron chi connectivity index (χ0n) is 14.1. The largest absolute Gasteiger partial charge is 0.481 e. The molecule has 136 valence electrons. The topological polar surface area (TPSA) is 93.8 Å². The van der Waals surface area contributed by atoms with Crippen molar-refractivity contribution in [1.82, 2.24) is 5.43 Å². The first-order chi connectivity index (χ1) is 12.5. The first-order valence-corrected chi connectivity index (χ1v) is 8.79. The molecule has 0 bridgehead atoms. The molecule has 1 atom stereocenters. The molecule has 0 unspecified atom stereocenters. The third-order valence-electron chi connectivity index (χ3n) is 3.45. The number of nitro benzene ring substituents is 1. The van der Waals surface area contributed by atoms with Gasteiger partial charge >= 0.3 is 0 Å². The van der Waals surface area contributed by atoms with E-state index in [0.717, 1.165) is 10.9 Å². The Morgan fingerprint density at radius 2 is 2.00 bits per heavy atom. The van der Waals surface area contributed by atoms with Crippen LogP contribution in [0.5, 0.6) is 5.75 Å². The lowest BCUT2D eigenvalue weighted by Gasteiger charge is -2.16. The summed E-state index contributed by atoms with van der Waals surface area (Å²) in [6.45, 7) is 1.95. The molecule has 0 radical (unpaired) electrons. The number of ether oxygens (including phenoxy) is 1. The second-order valence-electron chi connectivity index (χ2n) is 5.40. The molecule has 1 N–H and O–H groups in total. The number of para-hydroxylation sites is 1. The molecule has 2 rings (SSSR count). The Labute approximate surface area is 159 Å². The van der Waals surface area contributed by atoms with E-state index in [1.165, 1.54) is 12.3 Å². The third kappa shape index (κ3) is 5.66. The summed E-state index contributed by atoms with van der Waals surface area (Å²) in [4.78, 5) is 22.8. The van der Waals surface area contributed by atoms with Gasteiger partial charge in [0.1, 0.15) is 5.75 Å². The van der Waals surface area contributed by atoms with Crippen molar-refractivity contribution in [3.8, 4) is 5.75 Å². The zero-order valence-corrected chi connectivity index (χ0v) is 15.7. The van der Waals surface area contributed by atoms with Crippen molar-refractivity contribution in [2.45, 2.75) is 25.9 Å². The van der Waals surface area contributed by atoms with Crippen LogP contribution in [0.2, 0.25) is 0 Å². The maximum atomic E-state index is 12.3. The molecule has 0 aromatic heterocycles. The Morgan fingerprint density at radius 1 is 1.31 bits per heavy atom. The molecular weight excluding hydrogens is 402 g/mol. The van der Waals surface area contributed by atoms with Gasteiger partial charge in [0.2, 0.25) is 0 Å². The fourth-order valence-electron chi connectivity index (χ4n) is 2.18. The Kier molecular flexibility index (Phi) is 7.28. The number of nitrogens with one attached hydrogen (secondary N) is 1. The Morgan fingerprint density at radius 3 is 2.65 bits per heavy atom. The van der Waals surface area contributed by atoms with Crippen LogP contribution < -0.4 is 10.2 Å². The zero-order chi connectivity index (χ0) is 18.9. The summed E-state index contributed by atoms with van der Waals surface area (Å²) in [5, 5.41) is 14.8. The van der Waals surface area contributed by atoms with E-state index in [2.05, 4.69) is 26.5 Å². The number of nitrogens with zero attached hydrogens (tertiary/aromatic N) is 2. The monoisotopic (exact) mass is 419 g/mol. The molecule has 0 fully saturated rings. The van der Waals surface area contributed by atoms with Crippen LogP contribution in [0, 0.1) is 10.1 Å². The van der Waals surface area contributed by atoms with E-state index in [9.17, 15) is 14.9 Å². The summed E-state index contributed by atoms with van der Waals surface area (Å²) in [5.41, 5.74) is 2.61. The number of rotatable bonds is 8. The van der Waals surface area contributed by atoms with E-state index in [1.807, 2.05) is 19.1 Å². The molecule has 0 saturated heterocycles. The lowest BCUT2D eigenvalue weighted by atomic mass is 10.2. The summed E-state index contributed by atoms with van der Waals surface area (Å²) < 4.78 is 6.63. The van der Waals surface area contributed by atoms with Crippen LogP contribution in [-0.4, -0.2) is 23.1 Å². The van der Waals surface area contributed by atoms with E-state index in [0.29, 0.717) is 17.7 Å². The smallest absolute Gasteiger partial charge is 0.281 e. The summed E-state index contributed by atoms with van der Waals surface area (Å²) in [6.07, 6.45) is 1.81. The molecule has 8 heteroatoms. The lowest BCUT2D eigenvalue weighted by molar-refractivity contribution is -0.385. The predicted molar refractivity (Wildman–Crippen MR) is 102 cm³/mol. The van der Waals surface area contributed by atoms with Gasteiger partial charge in [-0.25, -0.2) is 5.43 Å². The van der Waals surface area contributed by atoms with Crippen LogP contribution in [0.1, 0.15) is 25.3 Å². The van der Waals surface area contributed by atoms with Crippen molar-refractivity contribution in [2.24, 2.45) is 5.10 Å². The van der Waals surface area contributed by atoms with Crippen LogP contribution >= 0.6 is 15.9 Å². The molecule has 0 aliphatic carbocycles. The van der Waals surface area contributed by atoms with Crippen molar-refractivity contribution in [2.75, 3.05) is 0 Å². The highest BCUT2D eigenvalue weighted by Gasteiger charge is 2.19. The molecule has 2 aromatic carbocycles. The van der Waals surface area contributed by atoms with Gasteiger partial charge in [-0.2, -0.15) is 5.10 Å². The highest BCUT2D eigenvalue weighted by molar-refractivity contribution is 9.10. The van der Waals surface area contributed by atoms with Gasteiger partial charge in [-0.1, -0.05) is 41.4 Å². The summed E-state index contributed by atoms with van der Waals surface area (Å²) in [6, 6.07) is 13.3. The SMILES string of the molecule is CCC[C@H](Oc1ccc(Br)cc1)C(=O)N/N=C\c1ccccc1[N+](=O)[O-]. The van der Waals surface area contributed by atoms with Gasteiger partial charge in [0, 0.05) is 10.5 Å². The third-order valence-corrected chi connectivity index (χ3v) is 3.98. The minimum atomic E-state index is -0.705. The van der Waals surface area contributed by atoms with Crippen LogP contribution in [0.4, 0.5) is 5.69 Å². The number of benzene rings is 2. The highest BCUT2D eigenvalue weighted by atomic mass is 79.9. The van der Waals surface area contributed by atoms with E-state index in [-0.39, 0.29) is 5.69 Å². The Balaban J connectivity index is 2.03. The number of halogens is 1. The van der Waals surface area contributed by atoms with Gasteiger partial charge in [0.15, 0.2) is 6.10 Å². The maximum absolute atomic E-state index is 12.3. The quantitative estimate of drug-likeness (QED) is 0.396. The molecular formula is C18H18BrN3O4. The molecule has 0 aliphatic heterocycles. The van der Waals surface area contributed by atoms with Crippen LogP contribution in [0.3, 0.4) is 0 Å². The highest BCUT2D eigenvalue weighted by Crippen LogP contribution is 2.19. The molecule has 0 spiro atoms. The van der Waals surface area contributed by atoms with Crippen molar-refractivity contribution in [3.63, 3.8) is 0 Å². The predicted octanol–water partition coefficient (Wildman–Crippen LogP) is 4.06. The lowest BCUT2D eigenvalue weighted by Crippen LogP contribution is -2.35. The number of nitro groups is 1. The van der Waals surface area contributed by atoms with Crippen molar-refractivity contribution in [3.05, 3.63) is 68.7 Å². The van der Waals surface area contributed by atoms with Gasteiger partial charge in [0.25, 0.3) is 11.6 Å². The number of hydrogen-bond acceptors (Lipinski definition) is 5. The van der Waals surface area contributed by atoms with Crippen molar-refractivity contribution < 1.29 is 14.5 Å². The standard InChI is InChI=1S/C18H18BrN3O4/c1-2-5-17(26-15-10-8-14(19)9-11-15)18(23)21-20-12-13-6-3-4-7-16(13)22(24)25/h3-4,6-12,17H,2,5H2,1H3,(H,21,23)/b20-12-/t17-/m0/s1. The van der Waals surface area contributed by atoms with Gasteiger partial charge in [-0.15, -0.1) is 0 Å². The van der Waals surface area contributed by atoms with E-state index < -0.39 is 16.9 Å². The van der Waals surface area contributed by atoms with Gasteiger partial charge < -0.3 is 4.74 Å². The van der Waals surface area contributed by atoms with Crippen molar-refractivity contribution in [1.29, 1.82) is 0 Å². The number of carbonyl (C=O) groups excluding carboxylic acids is 1. The molecule has 0 aliphatic rings. The minimum Gasteiger partial charge on any atom is -0.481 e. The van der Waals surface area contributed by atoms with Gasteiger partial charge in [-0.05, 0) is 36.8 Å². The molecule has 1 amide bonds. The average molecular weight is 420 g/mol. The minimum absolute atomic E-state index is 0.0817. The fourth-order valence-corrected chi connectivity index (χ4v) is 2.45. The second kappa shape index (κ2) is 9.67. The number of amides is 1. The van der Waals surface area contributed by atoms with E-state index in [1.54, 1.807) is 30.3 Å². The fraction of sp³-hybridized carbons (Fsp3) is 0.222. The molecule has 7 nitrogen and oxygen atoms in total. The van der Waals surface area contributed by atoms with Gasteiger partial charge in [0.05, 0.1) is 16.7 Å². The van der Waals surface area contributed by atoms with Crippen molar-refractivity contribution >= 4 is 33.7 Å². The number of hydrazone groups is 1. The van der Waals surface area contributed by atoms with E-state index >= 15 is 0 Å². The summed E-state index contributed by atoms with van der Waals surface area (Å²) in [5.74, 6) is 0.161. The molecule has 0 saturated carbocycles. The average Bonchev–Trinajstić information content (AvgIpc) is 2.63. The Bertz CT molecular complexity index is 793.